The highest BCUT2D eigenvalue weighted by Crippen LogP contribution is 2.56. The number of aromatic amines is 1. The number of benzene rings is 4. The molecule has 1 spiro atoms. The zero-order valence-electron chi connectivity index (χ0n) is 49.2. The molecule has 3 saturated heterocycles. The first-order valence-corrected chi connectivity index (χ1v) is 31.7. The molecule has 3 aliphatic carbocycles. The fourth-order valence-corrected chi connectivity index (χ4v) is 15.9. The highest BCUT2D eigenvalue weighted by molar-refractivity contribution is 7.90. The average Bonchev–Trinajstić information content (AvgIpc) is 2.25. The Labute approximate surface area is 492 Å². The van der Waals surface area contributed by atoms with Gasteiger partial charge in [-0.2, -0.15) is 0 Å². The summed E-state index contributed by atoms with van der Waals surface area (Å²) >= 11 is 0. The fourth-order valence-electron chi connectivity index (χ4n) is 14.8. The summed E-state index contributed by atoms with van der Waals surface area (Å²) in [5, 5.41) is 26.8. The number of piperidine rings is 3. The Balaban J connectivity index is 0.795. The van der Waals surface area contributed by atoms with Gasteiger partial charge in [-0.3, -0.25) is 14.6 Å². The van der Waals surface area contributed by atoms with Crippen LogP contribution >= 0.6 is 0 Å². The first-order chi connectivity index (χ1) is 40.4. The Morgan fingerprint density at radius 1 is 0.976 bits per heavy atom. The summed E-state index contributed by atoms with van der Waals surface area (Å²) in [6.45, 7) is 13.6. The second-order valence-corrected chi connectivity index (χ2v) is 27.0. The highest BCUT2D eigenvalue weighted by Gasteiger charge is 2.53. The van der Waals surface area contributed by atoms with Gasteiger partial charge < -0.3 is 44.8 Å². The summed E-state index contributed by atoms with van der Waals surface area (Å²) in [7, 11) is -1.64. The Bertz CT molecular complexity index is 3550. The van der Waals surface area contributed by atoms with Crippen molar-refractivity contribution >= 4 is 49.9 Å². The van der Waals surface area contributed by atoms with Crippen LogP contribution in [-0.4, -0.2) is 115 Å². The summed E-state index contributed by atoms with van der Waals surface area (Å²) < 4.78 is 64.7. The molecule has 446 valence electrons. The van der Waals surface area contributed by atoms with Gasteiger partial charge in [-0.15, -0.1) is 0 Å². The number of fused-ring (bicyclic) bond motifs is 4. The second-order valence-electron chi connectivity index (χ2n) is 25.3. The van der Waals surface area contributed by atoms with Gasteiger partial charge in [0.2, 0.25) is 0 Å². The number of carbonyl (C=O) groups excluding carboxylic acids is 1. The third kappa shape index (κ3) is 11.6. The molecule has 12 rings (SSSR count). The van der Waals surface area contributed by atoms with Crippen LogP contribution in [0.2, 0.25) is 0 Å². The van der Waals surface area contributed by atoms with E-state index < -0.39 is 27.4 Å². The Hall–Kier alpha value is -6.61. The number of methoxy groups -OCH3 is 1. The van der Waals surface area contributed by atoms with Gasteiger partial charge in [-0.1, -0.05) is 50.2 Å². The van der Waals surface area contributed by atoms with Crippen molar-refractivity contribution in [3.63, 3.8) is 0 Å². The van der Waals surface area contributed by atoms with Gasteiger partial charge in [0.1, 0.15) is 33.4 Å². The highest BCUT2D eigenvalue weighted by atomic mass is 32.2. The van der Waals surface area contributed by atoms with Crippen LogP contribution in [-0.2, 0) is 23.0 Å². The number of hydrogen-bond acceptors (Lipinski definition) is 14. The molecule has 3 aliphatic heterocycles. The molecule has 6 aliphatic rings. The molecule has 4 aromatic carbocycles. The maximum atomic E-state index is 15.2. The summed E-state index contributed by atoms with van der Waals surface area (Å²) in [5.74, 6) is 0.910. The number of amides is 1. The Morgan fingerprint density at radius 3 is 2.46 bits per heavy atom. The van der Waals surface area contributed by atoms with E-state index in [4.69, 9.17) is 14.2 Å². The van der Waals surface area contributed by atoms with Crippen LogP contribution in [0.25, 0.3) is 16.9 Å². The molecular weight excluding hydrogens is 1090 g/mol. The van der Waals surface area contributed by atoms with E-state index in [2.05, 4.69) is 102 Å². The number of H-pyrrole nitrogens is 1. The summed E-state index contributed by atoms with van der Waals surface area (Å²) in [6, 6.07) is 26.8. The monoisotopic (exact) mass is 1170 g/mol. The number of carbonyl (C=O) groups is 1. The molecule has 19 heteroatoms. The average molecular weight is 1170 g/mol. The van der Waals surface area contributed by atoms with Gasteiger partial charge in [0.15, 0.2) is 11.4 Å². The molecule has 2 aromatic heterocycles. The molecule has 17 nitrogen and oxygen atoms in total. The van der Waals surface area contributed by atoms with Gasteiger partial charge in [0.05, 0.1) is 49.5 Å². The topological polar surface area (TPSA) is 202 Å². The number of ether oxygens (including phenoxy) is 3. The number of rotatable bonds is 18. The van der Waals surface area contributed by atoms with Crippen molar-refractivity contribution in [3.05, 3.63) is 130 Å². The molecule has 5 N–H and O–H groups in total. The predicted molar refractivity (Wildman–Crippen MR) is 323 cm³/mol. The maximum Gasteiger partial charge on any atom is 0.268 e. The number of halogens is 1. The largest absolute Gasteiger partial charge is 0.629 e. The lowest BCUT2D eigenvalue weighted by atomic mass is 9.59. The van der Waals surface area contributed by atoms with E-state index in [-0.39, 0.29) is 74.0 Å². The minimum atomic E-state index is -4.71. The number of aromatic nitrogens is 3. The predicted octanol–water partition coefficient (Wildman–Crippen LogP) is 10.3. The molecule has 5 fully saturated rings. The van der Waals surface area contributed by atoms with E-state index >= 15 is 4.39 Å². The number of quaternary nitrogens is 1. The van der Waals surface area contributed by atoms with Crippen LogP contribution in [0.15, 0.2) is 96.2 Å². The van der Waals surface area contributed by atoms with Crippen LogP contribution in [0.3, 0.4) is 0 Å². The van der Waals surface area contributed by atoms with Crippen LogP contribution < -0.4 is 34.2 Å². The summed E-state index contributed by atoms with van der Waals surface area (Å²) in [4.78, 5) is 34.3. The van der Waals surface area contributed by atoms with E-state index in [1.807, 2.05) is 13.0 Å². The van der Waals surface area contributed by atoms with Crippen molar-refractivity contribution in [2.24, 2.45) is 17.3 Å². The molecule has 3 unspecified atom stereocenters. The molecular formula is C65H80FN9O8S. The number of aliphatic hydroxyl groups is 1. The van der Waals surface area contributed by atoms with E-state index in [9.17, 15) is 23.5 Å². The second kappa shape index (κ2) is 23.3. The zero-order valence-corrected chi connectivity index (χ0v) is 50.0. The maximum absolute atomic E-state index is 15.2. The quantitative estimate of drug-likeness (QED) is 0.0509. The van der Waals surface area contributed by atoms with Crippen LogP contribution in [0.1, 0.15) is 142 Å². The molecule has 5 heterocycles. The van der Waals surface area contributed by atoms with Crippen LogP contribution in [0.4, 0.5) is 21.5 Å². The number of pyridine rings is 1. The van der Waals surface area contributed by atoms with Gasteiger partial charge >= 0.3 is 0 Å². The minimum Gasteiger partial charge on any atom is -0.629 e. The summed E-state index contributed by atoms with van der Waals surface area (Å²) in [6.07, 6.45) is 12.5. The van der Waals surface area contributed by atoms with Crippen LogP contribution in [0.5, 0.6) is 23.1 Å². The number of hydrogen-bond donors (Lipinski definition) is 5. The molecule has 6 aromatic rings. The number of nitrogens with one attached hydrogen (secondary N) is 4. The third-order valence-corrected chi connectivity index (χ3v) is 20.6. The molecule has 0 radical (unpaired) electrons. The van der Waals surface area contributed by atoms with Crippen LogP contribution in [0, 0.1) is 22.5 Å². The molecule has 84 heavy (non-hydrogen) atoms. The molecule has 4 atom stereocenters. The molecule has 1 amide bonds. The first-order valence-electron chi connectivity index (χ1n) is 30.2. The number of likely N-dealkylation sites (tertiary alicyclic amines) is 2. The third-order valence-electron chi connectivity index (χ3n) is 19.2. The lowest BCUT2D eigenvalue weighted by molar-refractivity contribution is -0.750. The van der Waals surface area contributed by atoms with Crippen molar-refractivity contribution in [2.45, 2.75) is 139 Å². The van der Waals surface area contributed by atoms with Gasteiger partial charge in [-0.05, 0) is 154 Å². The number of allylic oxidation sites excluding steroid dienone is 1. The van der Waals surface area contributed by atoms with E-state index in [1.54, 1.807) is 26.2 Å². The number of anilines is 2. The van der Waals surface area contributed by atoms with E-state index in [0.717, 1.165) is 89.1 Å². The standard InChI is InChI=1S/C65H80FN9O8S/c1-7-82-63-57(31-51-52(66)18-19-53(51)70-63)83-56-30-44(14-17-50(56)62(76)71-84(79,80)58-32-55(72(5)78)59(61-60(58)68-39-69-61)67-35-41-20-22-64(4,77)23-21-41)74-26-24-65(25-27-74)33-46(34-65)75-45-28-43(29-54(75)49-11-9-8-10-48(49)40(2)3)37-73(38-45)36-42-12-15-47(81-6)16-13-42/h8-18,30-32,39-41,43,45-46,54,67,72,77H,7,19-29,33-38H2,1-6H3,(H,68,69)(H,71,76)/t41-,43?,45?,54-,64-/m0/s1. The lowest BCUT2D eigenvalue weighted by Crippen LogP contribution is -2.98. The smallest absolute Gasteiger partial charge is 0.268 e. The van der Waals surface area contributed by atoms with Crippen molar-refractivity contribution in [1.82, 2.24) is 29.5 Å². The van der Waals surface area contributed by atoms with E-state index in [0.29, 0.717) is 66.2 Å². The van der Waals surface area contributed by atoms with Gasteiger partial charge in [-0.25, -0.2) is 27.5 Å². The number of hydroxylamine groups is 1. The number of sulfonamides is 1. The zero-order chi connectivity index (χ0) is 58.7. The Morgan fingerprint density at radius 2 is 1.74 bits per heavy atom. The summed E-state index contributed by atoms with van der Waals surface area (Å²) in [5.41, 5.74) is 6.02. The lowest BCUT2D eigenvalue weighted by Gasteiger charge is -2.61. The van der Waals surface area contributed by atoms with E-state index in [1.165, 1.54) is 54.7 Å². The molecule has 2 saturated carbocycles. The molecule has 2 bridgehead atoms. The van der Waals surface area contributed by atoms with Crippen molar-refractivity contribution in [1.29, 1.82) is 0 Å². The number of nitrogens with zero attached hydrogens (tertiary/aromatic N) is 5. The van der Waals surface area contributed by atoms with Crippen molar-refractivity contribution in [2.75, 3.05) is 63.7 Å². The number of imidazole rings is 1. The first kappa shape index (κ1) is 57.8. The fraction of sp³-hybridized carbons (Fsp3) is 0.492. The van der Waals surface area contributed by atoms with Crippen molar-refractivity contribution in [3.8, 4) is 23.1 Å². The van der Waals surface area contributed by atoms with Crippen molar-refractivity contribution < 1.29 is 42.0 Å². The SMILES string of the molecule is CCOc1nc2c(cc1Oc1cc(N3CCC4(CC3)CC(N3C5CC(C[C@H]3c3ccccc3C(C)C)CN(Cc3ccc(OC)cc3)C5)C4)ccc1C(=O)NS(=O)(=O)c1cc([NH+](C)[O-])c(NC[C@H]3CC[C@](C)(O)CC3)c3[nH]cnc13)C(F)=CC2. The Kier molecular flexibility index (Phi) is 16.1. The normalized spacial score (nSPS) is 23.9. The minimum absolute atomic E-state index is 0.0250. The van der Waals surface area contributed by atoms with Gasteiger partial charge in [0, 0.05) is 87.2 Å². The van der Waals surface area contributed by atoms with Gasteiger partial charge in [0.25, 0.3) is 21.8 Å².